The van der Waals surface area contributed by atoms with Crippen molar-refractivity contribution in [3.05, 3.63) is 98.6 Å². The highest BCUT2D eigenvalue weighted by atomic mass is 19.4. The molecule has 0 radical (unpaired) electrons. The highest BCUT2D eigenvalue weighted by Gasteiger charge is 2.33. The lowest BCUT2D eigenvalue weighted by atomic mass is 10.0. The van der Waals surface area contributed by atoms with Crippen LogP contribution in [0.5, 0.6) is 5.75 Å². The average molecular weight is 415 g/mol. The first-order valence-corrected chi connectivity index (χ1v) is 9.50. The normalized spacial score (nSPS) is 14.0. The van der Waals surface area contributed by atoms with Crippen molar-refractivity contribution in [1.29, 1.82) is 0 Å². The van der Waals surface area contributed by atoms with Gasteiger partial charge in [-0.3, -0.25) is 9.69 Å². The molecule has 2 heterocycles. The van der Waals surface area contributed by atoms with Gasteiger partial charge in [-0.25, -0.2) is 0 Å². The van der Waals surface area contributed by atoms with Crippen molar-refractivity contribution >= 4 is 0 Å². The van der Waals surface area contributed by atoms with E-state index in [1.807, 2.05) is 12.1 Å². The number of halogens is 3. The molecule has 7 heteroatoms. The Morgan fingerprint density at radius 1 is 1.07 bits per heavy atom. The third kappa shape index (κ3) is 4.41. The first kappa shape index (κ1) is 20.2. The maximum absolute atomic E-state index is 13.2. The molecule has 0 unspecified atom stereocenters. The molecule has 0 N–H and O–H groups in total. The van der Waals surface area contributed by atoms with Gasteiger partial charge in [0, 0.05) is 24.7 Å². The van der Waals surface area contributed by atoms with Crippen LogP contribution >= 0.6 is 0 Å². The molecule has 2 aromatic carbocycles. The zero-order valence-corrected chi connectivity index (χ0v) is 16.3. The third-order valence-electron chi connectivity index (χ3n) is 5.09. The molecule has 1 aliphatic heterocycles. The topological polar surface area (TPSA) is 42.7 Å². The fraction of sp³-hybridized carbons (Fsp3) is 0.261. The van der Waals surface area contributed by atoms with Crippen LogP contribution in [0.15, 0.2) is 64.0 Å². The maximum atomic E-state index is 13.2. The molecule has 0 fully saturated rings. The quantitative estimate of drug-likeness (QED) is 0.584. The van der Waals surface area contributed by atoms with Gasteiger partial charge in [0.1, 0.15) is 18.6 Å². The van der Waals surface area contributed by atoms with E-state index in [1.54, 1.807) is 13.0 Å². The van der Waals surface area contributed by atoms with Gasteiger partial charge in [-0.2, -0.15) is 13.2 Å². The fourth-order valence-electron chi connectivity index (χ4n) is 3.60. The maximum Gasteiger partial charge on any atom is 0.416 e. The Morgan fingerprint density at radius 2 is 1.77 bits per heavy atom. The number of ether oxygens (including phenoxy) is 1. The zero-order chi connectivity index (χ0) is 21.3. The van der Waals surface area contributed by atoms with Gasteiger partial charge in [-0.1, -0.05) is 42.0 Å². The molecular formula is C23H20F3NO3. The van der Waals surface area contributed by atoms with Crippen LogP contribution in [0.4, 0.5) is 13.2 Å². The number of hydrogen-bond donors (Lipinski definition) is 0. The Bertz CT molecular complexity index is 1100. The predicted molar refractivity (Wildman–Crippen MR) is 105 cm³/mol. The van der Waals surface area contributed by atoms with E-state index in [-0.39, 0.29) is 17.9 Å². The SMILES string of the molecule is Cc1ccc(COc2coc(CN3Cc4ccccc4C3)cc2=O)c(C(F)(F)F)c1. The lowest BCUT2D eigenvalue weighted by molar-refractivity contribution is -0.138. The Labute approximate surface area is 171 Å². The smallest absolute Gasteiger partial charge is 0.416 e. The summed E-state index contributed by atoms with van der Waals surface area (Å²) in [6.45, 7) is 3.21. The zero-order valence-electron chi connectivity index (χ0n) is 16.3. The Balaban J connectivity index is 1.43. The summed E-state index contributed by atoms with van der Waals surface area (Å²) in [4.78, 5) is 14.5. The van der Waals surface area contributed by atoms with Crippen LogP contribution in [-0.4, -0.2) is 4.90 Å². The number of benzene rings is 2. The third-order valence-corrected chi connectivity index (χ3v) is 5.09. The van der Waals surface area contributed by atoms with Gasteiger partial charge in [0.2, 0.25) is 11.2 Å². The lowest BCUT2D eigenvalue weighted by Gasteiger charge is -2.15. The van der Waals surface area contributed by atoms with Crippen molar-refractivity contribution in [2.24, 2.45) is 0 Å². The molecule has 4 nitrogen and oxygen atoms in total. The van der Waals surface area contributed by atoms with E-state index < -0.39 is 17.2 Å². The summed E-state index contributed by atoms with van der Waals surface area (Å²) in [6.07, 6.45) is -3.32. The van der Waals surface area contributed by atoms with Crippen molar-refractivity contribution in [3.63, 3.8) is 0 Å². The number of hydrogen-bond acceptors (Lipinski definition) is 4. The van der Waals surface area contributed by atoms with E-state index in [0.717, 1.165) is 19.2 Å². The van der Waals surface area contributed by atoms with E-state index in [0.29, 0.717) is 17.9 Å². The lowest BCUT2D eigenvalue weighted by Crippen LogP contribution is -2.17. The fourth-order valence-corrected chi connectivity index (χ4v) is 3.60. The summed E-state index contributed by atoms with van der Waals surface area (Å²) in [5, 5.41) is 0. The van der Waals surface area contributed by atoms with Crippen molar-refractivity contribution in [1.82, 2.24) is 4.90 Å². The summed E-state index contributed by atoms with van der Waals surface area (Å²) in [7, 11) is 0. The summed E-state index contributed by atoms with van der Waals surface area (Å²) in [5.74, 6) is 0.364. The van der Waals surface area contributed by atoms with Crippen LogP contribution in [0.1, 0.15) is 33.6 Å². The summed E-state index contributed by atoms with van der Waals surface area (Å²) in [6, 6.07) is 13.5. The minimum Gasteiger partial charge on any atom is -0.482 e. The molecule has 30 heavy (non-hydrogen) atoms. The highest BCUT2D eigenvalue weighted by molar-refractivity contribution is 5.34. The van der Waals surface area contributed by atoms with Crippen LogP contribution in [0.2, 0.25) is 0 Å². The molecule has 0 aliphatic carbocycles. The Hall–Kier alpha value is -3.06. The molecular weight excluding hydrogens is 395 g/mol. The number of fused-ring (bicyclic) bond motifs is 1. The predicted octanol–water partition coefficient (Wildman–Crippen LogP) is 5.06. The van der Waals surface area contributed by atoms with Crippen LogP contribution < -0.4 is 10.2 Å². The minimum absolute atomic E-state index is 0.0357. The van der Waals surface area contributed by atoms with Crippen molar-refractivity contribution < 1.29 is 22.3 Å². The molecule has 0 amide bonds. The summed E-state index contributed by atoms with van der Waals surface area (Å²) < 4.78 is 50.6. The van der Waals surface area contributed by atoms with E-state index in [9.17, 15) is 18.0 Å². The molecule has 1 aromatic heterocycles. The van der Waals surface area contributed by atoms with Gasteiger partial charge in [0.05, 0.1) is 12.1 Å². The number of alkyl halides is 3. The summed E-state index contributed by atoms with van der Waals surface area (Å²) >= 11 is 0. The largest absolute Gasteiger partial charge is 0.482 e. The molecule has 0 bridgehead atoms. The molecule has 0 saturated heterocycles. The Kier molecular flexibility index (Phi) is 5.39. The standard InChI is InChI=1S/C23H20F3NO3/c1-15-6-7-18(20(8-15)23(24,25)26)13-30-22-14-29-19(9-21(22)28)12-27-10-16-4-2-3-5-17(16)11-27/h2-9,14H,10-13H2,1H3. The average Bonchev–Trinajstić information content (AvgIpc) is 3.09. The molecule has 0 saturated carbocycles. The van der Waals surface area contributed by atoms with Crippen LogP contribution in [0.3, 0.4) is 0 Å². The van der Waals surface area contributed by atoms with Gasteiger partial charge in [-0.15, -0.1) is 0 Å². The molecule has 0 spiro atoms. The van der Waals surface area contributed by atoms with E-state index in [2.05, 4.69) is 17.0 Å². The van der Waals surface area contributed by atoms with Gasteiger partial charge in [-0.05, 0) is 24.1 Å². The first-order valence-electron chi connectivity index (χ1n) is 9.50. The van der Waals surface area contributed by atoms with Crippen molar-refractivity contribution in [2.75, 3.05) is 0 Å². The summed E-state index contributed by atoms with van der Waals surface area (Å²) in [5.41, 5.74) is 1.77. The van der Waals surface area contributed by atoms with Crippen LogP contribution in [0.25, 0.3) is 0 Å². The van der Waals surface area contributed by atoms with Gasteiger partial charge >= 0.3 is 6.18 Å². The number of aryl methyl sites for hydroxylation is 1. The van der Waals surface area contributed by atoms with Crippen molar-refractivity contribution in [2.45, 2.75) is 39.3 Å². The van der Waals surface area contributed by atoms with Gasteiger partial charge in [0.25, 0.3) is 0 Å². The minimum atomic E-state index is -4.49. The van der Waals surface area contributed by atoms with E-state index >= 15 is 0 Å². The van der Waals surface area contributed by atoms with Crippen LogP contribution in [0, 0.1) is 6.92 Å². The Morgan fingerprint density at radius 3 is 2.40 bits per heavy atom. The van der Waals surface area contributed by atoms with E-state index in [4.69, 9.17) is 9.15 Å². The molecule has 1 aliphatic rings. The second kappa shape index (κ2) is 7.99. The molecule has 3 aromatic rings. The van der Waals surface area contributed by atoms with Crippen molar-refractivity contribution in [3.8, 4) is 5.75 Å². The molecule has 156 valence electrons. The van der Waals surface area contributed by atoms with Crippen LogP contribution in [-0.2, 0) is 32.4 Å². The first-order chi connectivity index (χ1) is 14.3. The molecule has 0 atom stereocenters. The number of rotatable bonds is 5. The molecule has 4 rings (SSSR count). The highest BCUT2D eigenvalue weighted by Crippen LogP contribution is 2.33. The van der Waals surface area contributed by atoms with Gasteiger partial charge in [0.15, 0.2) is 0 Å². The monoisotopic (exact) mass is 415 g/mol. The number of nitrogens with zero attached hydrogens (tertiary/aromatic N) is 1. The van der Waals surface area contributed by atoms with E-state index in [1.165, 1.54) is 29.5 Å². The van der Waals surface area contributed by atoms with Gasteiger partial charge < -0.3 is 9.15 Å². The second-order valence-electron chi connectivity index (χ2n) is 7.44. The second-order valence-corrected chi connectivity index (χ2v) is 7.44.